The maximum atomic E-state index is 3.63. The van der Waals surface area contributed by atoms with Crippen LogP contribution in [0, 0.1) is 20.8 Å². The van der Waals surface area contributed by atoms with Crippen molar-refractivity contribution in [3.8, 4) is 0 Å². The van der Waals surface area contributed by atoms with E-state index in [1.807, 2.05) is 0 Å². The van der Waals surface area contributed by atoms with Gasteiger partial charge in [0.2, 0.25) is 0 Å². The van der Waals surface area contributed by atoms with Crippen LogP contribution in [0.4, 0.5) is 0 Å². The zero-order valence-electron chi connectivity index (χ0n) is 13.3. The molecule has 108 valence electrons. The molecule has 2 aromatic rings. The van der Waals surface area contributed by atoms with Crippen molar-refractivity contribution in [2.75, 3.05) is 0 Å². The lowest BCUT2D eigenvalue weighted by molar-refractivity contribution is 0.571. The molecule has 1 heterocycles. The summed E-state index contributed by atoms with van der Waals surface area (Å²) in [5.74, 6) is 0. The van der Waals surface area contributed by atoms with Gasteiger partial charge in [-0.1, -0.05) is 29.8 Å². The molecule has 0 aliphatic rings. The average molecular weight is 270 g/mol. The maximum absolute atomic E-state index is 3.63. The number of rotatable bonds is 5. The number of hydrogen-bond donors (Lipinski definition) is 1. The number of nitrogens with one attached hydrogen (secondary N) is 1. The molecule has 0 saturated heterocycles. The lowest BCUT2D eigenvalue weighted by Gasteiger charge is -2.15. The molecule has 0 spiro atoms. The van der Waals surface area contributed by atoms with Crippen molar-refractivity contribution in [3.05, 3.63) is 58.4 Å². The van der Waals surface area contributed by atoms with Crippen LogP contribution in [0.15, 0.2) is 30.3 Å². The minimum atomic E-state index is 0.375. The summed E-state index contributed by atoms with van der Waals surface area (Å²) >= 11 is 0. The van der Waals surface area contributed by atoms with Crippen molar-refractivity contribution in [3.63, 3.8) is 0 Å². The third kappa shape index (κ3) is 3.13. The molecular formula is C18H26N2. The minimum absolute atomic E-state index is 0.375. The number of benzene rings is 1. The summed E-state index contributed by atoms with van der Waals surface area (Å²) in [7, 11) is 0. The monoisotopic (exact) mass is 270 g/mol. The van der Waals surface area contributed by atoms with Crippen molar-refractivity contribution >= 4 is 0 Å². The molecule has 0 saturated carbocycles. The molecule has 0 fully saturated rings. The number of aromatic nitrogens is 1. The average Bonchev–Trinajstić information content (AvgIpc) is 2.70. The second-order valence-electron chi connectivity index (χ2n) is 5.66. The van der Waals surface area contributed by atoms with Gasteiger partial charge in [0.25, 0.3) is 0 Å². The van der Waals surface area contributed by atoms with Crippen LogP contribution in [0.1, 0.15) is 48.0 Å². The fraction of sp³-hybridized carbons (Fsp3) is 0.444. The highest BCUT2D eigenvalue weighted by atomic mass is 15.0. The molecule has 1 aromatic carbocycles. The quantitative estimate of drug-likeness (QED) is 0.858. The summed E-state index contributed by atoms with van der Waals surface area (Å²) in [4.78, 5) is 0. The van der Waals surface area contributed by atoms with Crippen LogP contribution in [-0.4, -0.2) is 4.57 Å². The molecule has 2 heteroatoms. The van der Waals surface area contributed by atoms with Crippen LogP contribution in [0.5, 0.6) is 0 Å². The standard InChI is InChI=1S/C18H26N2/c1-6-20-14(3)11-18(16(20)5)12-19-15(4)17-9-7-8-13(2)10-17/h7-11,15,19H,6,12H2,1-5H3/t15-/m1/s1. The molecule has 0 radical (unpaired) electrons. The third-order valence-corrected chi connectivity index (χ3v) is 4.14. The van der Waals surface area contributed by atoms with Crippen LogP contribution in [0.2, 0.25) is 0 Å². The van der Waals surface area contributed by atoms with E-state index in [1.54, 1.807) is 0 Å². The Kier molecular flexibility index (Phi) is 4.66. The van der Waals surface area contributed by atoms with Gasteiger partial charge in [-0.2, -0.15) is 0 Å². The summed E-state index contributed by atoms with van der Waals surface area (Å²) in [6, 6.07) is 11.4. The molecule has 1 atom stereocenters. The van der Waals surface area contributed by atoms with Crippen molar-refractivity contribution in [1.82, 2.24) is 9.88 Å². The first-order valence-corrected chi connectivity index (χ1v) is 7.48. The zero-order valence-corrected chi connectivity index (χ0v) is 13.3. The Hall–Kier alpha value is -1.54. The number of aryl methyl sites for hydroxylation is 2. The van der Waals surface area contributed by atoms with Gasteiger partial charge >= 0.3 is 0 Å². The Balaban J connectivity index is 2.05. The summed E-state index contributed by atoms with van der Waals surface area (Å²) in [5.41, 5.74) is 6.82. The van der Waals surface area contributed by atoms with Gasteiger partial charge in [-0.15, -0.1) is 0 Å². The molecule has 2 rings (SSSR count). The largest absolute Gasteiger partial charge is 0.349 e. The fourth-order valence-corrected chi connectivity index (χ4v) is 2.86. The van der Waals surface area contributed by atoms with Crippen LogP contribution in [0.3, 0.4) is 0 Å². The van der Waals surface area contributed by atoms with E-state index in [9.17, 15) is 0 Å². The second-order valence-corrected chi connectivity index (χ2v) is 5.66. The van der Waals surface area contributed by atoms with E-state index in [4.69, 9.17) is 0 Å². The number of nitrogens with zero attached hydrogens (tertiary/aromatic N) is 1. The van der Waals surface area contributed by atoms with Gasteiger partial charge in [0, 0.05) is 30.5 Å². The molecule has 0 amide bonds. The summed E-state index contributed by atoms with van der Waals surface area (Å²) in [6.07, 6.45) is 0. The normalized spacial score (nSPS) is 12.7. The molecular weight excluding hydrogens is 244 g/mol. The van der Waals surface area contributed by atoms with Crippen molar-refractivity contribution in [2.24, 2.45) is 0 Å². The summed E-state index contributed by atoms with van der Waals surface area (Å²) < 4.78 is 2.37. The molecule has 1 N–H and O–H groups in total. The Labute approximate surface area is 122 Å². The first-order valence-electron chi connectivity index (χ1n) is 7.48. The molecule has 20 heavy (non-hydrogen) atoms. The first kappa shape index (κ1) is 14.9. The van der Waals surface area contributed by atoms with Crippen molar-refractivity contribution in [1.29, 1.82) is 0 Å². The lowest BCUT2D eigenvalue weighted by Crippen LogP contribution is -2.18. The van der Waals surface area contributed by atoms with Crippen molar-refractivity contribution < 1.29 is 0 Å². The van der Waals surface area contributed by atoms with Gasteiger partial charge in [0.15, 0.2) is 0 Å². The molecule has 0 bridgehead atoms. The van der Waals surface area contributed by atoms with Crippen molar-refractivity contribution in [2.45, 2.75) is 53.8 Å². The van der Waals surface area contributed by atoms with Gasteiger partial charge < -0.3 is 9.88 Å². The van der Waals surface area contributed by atoms with E-state index >= 15 is 0 Å². The molecule has 0 unspecified atom stereocenters. The predicted molar refractivity (Wildman–Crippen MR) is 86.0 cm³/mol. The van der Waals surface area contributed by atoms with Crippen LogP contribution in [-0.2, 0) is 13.1 Å². The Morgan fingerprint density at radius 3 is 2.50 bits per heavy atom. The van der Waals surface area contributed by atoms with Crippen LogP contribution in [0.25, 0.3) is 0 Å². The van der Waals surface area contributed by atoms with Gasteiger partial charge in [-0.05, 0) is 51.8 Å². The van der Waals surface area contributed by atoms with Gasteiger partial charge in [-0.3, -0.25) is 0 Å². The van der Waals surface area contributed by atoms with Gasteiger partial charge in [0.05, 0.1) is 0 Å². The van der Waals surface area contributed by atoms with Crippen LogP contribution < -0.4 is 5.32 Å². The fourth-order valence-electron chi connectivity index (χ4n) is 2.86. The predicted octanol–water partition coefficient (Wildman–Crippen LogP) is 4.28. The van der Waals surface area contributed by atoms with E-state index < -0.39 is 0 Å². The topological polar surface area (TPSA) is 17.0 Å². The van der Waals surface area contributed by atoms with E-state index in [0.717, 1.165) is 13.1 Å². The Morgan fingerprint density at radius 2 is 1.90 bits per heavy atom. The van der Waals surface area contributed by atoms with E-state index in [2.05, 4.69) is 74.8 Å². The first-order chi connectivity index (χ1) is 9.52. The lowest BCUT2D eigenvalue weighted by atomic mass is 10.1. The molecule has 1 aromatic heterocycles. The molecule has 0 aliphatic heterocycles. The van der Waals surface area contributed by atoms with Gasteiger partial charge in [-0.25, -0.2) is 0 Å². The van der Waals surface area contributed by atoms with Gasteiger partial charge in [0.1, 0.15) is 0 Å². The zero-order chi connectivity index (χ0) is 14.7. The Morgan fingerprint density at radius 1 is 1.15 bits per heavy atom. The van der Waals surface area contributed by atoms with E-state index in [-0.39, 0.29) is 0 Å². The number of hydrogen-bond acceptors (Lipinski definition) is 1. The maximum Gasteiger partial charge on any atom is 0.0295 e. The Bertz CT molecular complexity index is 581. The molecule has 0 aliphatic carbocycles. The van der Waals surface area contributed by atoms with E-state index in [0.29, 0.717) is 6.04 Å². The second kappa shape index (κ2) is 6.27. The van der Waals surface area contributed by atoms with E-state index in [1.165, 1.54) is 28.1 Å². The molecule has 2 nitrogen and oxygen atoms in total. The smallest absolute Gasteiger partial charge is 0.0295 e. The highest BCUT2D eigenvalue weighted by molar-refractivity contribution is 5.28. The minimum Gasteiger partial charge on any atom is -0.349 e. The van der Waals surface area contributed by atoms with Crippen LogP contribution >= 0.6 is 0 Å². The highest BCUT2D eigenvalue weighted by Gasteiger charge is 2.10. The summed E-state index contributed by atoms with van der Waals surface area (Å²) in [5, 5.41) is 3.63. The highest BCUT2D eigenvalue weighted by Crippen LogP contribution is 2.18. The summed E-state index contributed by atoms with van der Waals surface area (Å²) in [6.45, 7) is 12.9. The SMILES string of the molecule is CCn1c(C)cc(CN[C@H](C)c2cccc(C)c2)c1C. The third-order valence-electron chi connectivity index (χ3n) is 4.14.